The Hall–Kier alpha value is -1.23. The van der Waals surface area contributed by atoms with E-state index in [1.54, 1.807) is 4.68 Å². The molecular formula is C11H21N3O2. The number of rotatable bonds is 6. The Labute approximate surface area is 96.5 Å². The molecule has 0 saturated heterocycles. The maximum atomic E-state index is 5.91. The number of anilines is 1. The number of hydrogen-bond donors (Lipinski definition) is 1. The van der Waals surface area contributed by atoms with Crippen LogP contribution in [0, 0.1) is 6.92 Å². The van der Waals surface area contributed by atoms with Crippen molar-refractivity contribution in [2.24, 2.45) is 0 Å². The van der Waals surface area contributed by atoms with Crippen LogP contribution in [-0.4, -0.2) is 29.6 Å². The maximum Gasteiger partial charge on any atom is 0.236 e. The molecule has 0 fully saturated rings. The van der Waals surface area contributed by atoms with Crippen molar-refractivity contribution >= 4 is 5.69 Å². The van der Waals surface area contributed by atoms with Crippen molar-refractivity contribution < 1.29 is 9.47 Å². The van der Waals surface area contributed by atoms with Crippen molar-refractivity contribution in [1.82, 2.24) is 9.78 Å². The molecule has 2 N–H and O–H groups in total. The normalized spacial score (nSPS) is 11.1. The Kier molecular flexibility index (Phi) is 4.61. The number of nitrogen functional groups attached to an aromatic ring is 1. The van der Waals surface area contributed by atoms with Crippen LogP contribution >= 0.6 is 0 Å². The number of nitrogens with two attached hydrogens (primary N) is 1. The summed E-state index contributed by atoms with van der Waals surface area (Å²) >= 11 is 0. The van der Waals surface area contributed by atoms with E-state index in [0.717, 1.165) is 5.69 Å². The largest absolute Gasteiger partial charge is 0.474 e. The summed E-state index contributed by atoms with van der Waals surface area (Å²) in [6.45, 7) is 9.68. The zero-order chi connectivity index (χ0) is 12.1. The van der Waals surface area contributed by atoms with Crippen LogP contribution in [0.25, 0.3) is 0 Å². The lowest BCUT2D eigenvalue weighted by Crippen LogP contribution is -2.12. The van der Waals surface area contributed by atoms with Crippen LogP contribution in [0.4, 0.5) is 5.69 Å². The first-order valence-electron chi connectivity index (χ1n) is 5.63. The molecule has 5 nitrogen and oxygen atoms in total. The molecule has 1 aromatic heterocycles. The number of ether oxygens (including phenoxy) is 2. The summed E-state index contributed by atoms with van der Waals surface area (Å²) in [4.78, 5) is 0. The average Bonchev–Trinajstić information content (AvgIpc) is 2.52. The van der Waals surface area contributed by atoms with Gasteiger partial charge >= 0.3 is 0 Å². The molecule has 0 radical (unpaired) electrons. The molecule has 0 amide bonds. The third-order valence-corrected chi connectivity index (χ3v) is 2.25. The Balaban J connectivity index is 2.69. The second-order valence-corrected chi connectivity index (χ2v) is 3.89. The first-order chi connectivity index (χ1) is 7.57. The predicted molar refractivity (Wildman–Crippen MR) is 63.7 cm³/mol. The molecule has 0 aliphatic rings. The molecule has 0 atom stereocenters. The van der Waals surface area contributed by atoms with Gasteiger partial charge in [-0.05, 0) is 27.7 Å². The average molecular weight is 227 g/mol. The van der Waals surface area contributed by atoms with Gasteiger partial charge in [0.25, 0.3) is 0 Å². The van der Waals surface area contributed by atoms with Crippen LogP contribution in [0.15, 0.2) is 0 Å². The lowest BCUT2D eigenvalue weighted by atomic mass is 10.4. The van der Waals surface area contributed by atoms with Gasteiger partial charge in [0, 0.05) is 6.61 Å². The molecule has 0 saturated carbocycles. The smallest absolute Gasteiger partial charge is 0.236 e. The lowest BCUT2D eigenvalue weighted by molar-refractivity contribution is 0.106. The summed E-state index contributed by atoms with van der Waals surface area (Å²) in [5.41, 5.74) is 7.33. The molecular weight excluding hydrogens is 206 g/mol. The molecule has 1 heterocycles. The zero-order valence-electron chi connectivity index (χ0n) is 10.5. The minimum absolute atomic E-state index is 0.234. The van der Waals surface area contributed by atoms with Gasteiger partial charge in [0.15, 0.2) is 0 Å². The highest BCUT2D eigenvalue weighted by molar-refractivity contribution is 5.52. The van der Waals surface area contributed by atoms with E-state index in [2.05, 4.69) is 5.10 Å². The molecule has 0 aliphatic heterocycles. The van der Waals surface area contributed by atoms with Crippen LogP contribution in [-0.2, 0) is 4.74 Å². The number of hydrogen-bond acceptors (Lipinski definition) is 4. The number of nitrogens with zero attached hydrogens (tertiary/aromatic N) is 2. The van der Waals surface area contributed by atoms with Crippen LogP contribution in [0.3, 0.4) is 0 Å². The summed E-state index contributed by atoms with van der Waals surface area (Å²) in [6, 6.07) is 0.234. The molecule has 0 bridgehead atoms. The Bertz CT molecular complexity index is 334. The van der Waals surface area contributed by atoms with Gasteiger partial charge in [-0.25, -0.2) is 4.68 Å². The first-order valence-corrected chi connectivity index (χ1v) is 5.63. The quantitative estimate of drug-likeness (QED) is 0.752. The van der Waals surface area contributed by atoms with Gasteiger partial charge in [-0.1, -0.05) is 0 Å². The molecule has 0 aromatic carbocycles. The van der Waals surface area contributed by atoms with E-state index < -0.39 is 0 Å². The van der Waals surface area contributed by atoms with Crippen LogP contribution < -0.4 is 10.5 Å². The van der Waals surface area contributed by atoms with E-state index in [1.807, 2.05) is 27.7 Å². The summed E-state index contributed by atoms with van der Waals surface area (Å²) in [5, 5.41) is 4.33. The minimum Gasteiger partial charge on any atom is -0.474 e. The summed E-state index contributed by atoms with van der Waals surface area (Å²) < 4.78 is 12.6. The fraction of sp³-hybridized carbons (Fsp3) is 0.727. The van der Waals surface area contributed by atoms with Crippen molar-refractivity contribution in [3.63, 3.8) is 0 Å². The summed E-state index contributed by atoms with van der Waals surface area (Å²) in [5.74, 6) is 0.646. The Morgan fingerprint density at radius 3 is 2.62 bits per heavy atom. The molecule has 0 aliphatic carbocycles. The Morgan fingerprint density at radius 1 is 1.38 bits per heavy atom. The zero-order valence-corrected chi connectivity index (χ0v) is 10.5. The van der Waals surface area contributed by atoms with Crippen molar-refractivity contribution in [2.75, 3.05) is 25.6 Å². The highest BCUT2D eigenvalue weighted by atomic mass is 16.5. The second-order valence-electron chi connectivity index (χ2n) is 3.89. The third-order valence-electron chi connectivity index (χ3n) is 2.25. The molecule has 1 aromatic rings. The molecule has 16 heavy (non-hydrogen) atoms. The predicted octanol–water partition coefficient (Wildman–Crippen LogP) is 1.77. The van der Waals surface area contributed by atoms with Crippen molar-refractivity contribution in [3.8, 4) is 5.88 Å². The van der Waals surface area contributed by atoms with Gasteiger partial charge in [-0.2, -0.15) is 5.10 Å². The van der Waals surface area contributed by atoms with E-state index in [1.165, 1.54) is 0 Å². The SMILES string of the molecule is CCOCCOc1c(N)c(C)nn1C(C)C. The number of aryl methyl sites for hydroxylation is 1. The molecule has 92 valence electrons. The van der Waals surface area contributed by atoms with E-state index in [-0.39, 0.29) is 6.04 Å². The maximum absolute atomic E-state index is 5.91. The van der Waals surface area contributed by atoms with Gasteiger partial charge in [0.05, 0.1) is 18.3 Å². The number of aromatic nitrogens is 2. The van der Waals surface area contributed by atoms with Gasteiger partial charge in [0.1, 0.15) is 12.3 Å². The van der Waals surface area contributed by atoms with Crippen molar-refractivity contribution in [2.45, 2.75) is 33.7 Å². The van der Waals surface area contributed by atoms with Crippen molar-refractivity contribution in [3.05, 3.63) is 5.69 Å². The van der Waals surface area contributed by atoms with E-state index in [0.29, 0.717) is 31.4 Å². The summed E-state index contributed by atoms with van der Waals surface area (Å²) in [7, 11) is 0. The fourth-order valence-corrected chi connectivity index (χ4v) is 1.37. The minimum atomic E-state index is 0.234. The van der Waals surface area contributed by atoms with E-state index >= 15 is 0 Å². The fourth-order valence-electron chi connectivity index (χ4n) is 1.37. The van der Waals surface area contributed by atoms with Crippen molar-refractivity contribution in [1.29, 1.82) is 0 Å². The van der Waals surface area contributed by atoms with Gasteiger partial charge in [-0.15, -0.1) is 0 Å². The molecule has 1 rings (SSSR count). The standard InChI is InChI=1S/C11H21N3O2/c1-5-15-6-7-16-11-10(12)9(4)13-14(11)8(2)3/h8H,5-7,12H2,1-4H3. The topological polar surface area (TPSA) is 62.3 Å². The molecule has 0 spiro atoms. The van der Waals surface area contributed by atoms with E-state index in [9.17, 15) is 0 Å². The van der Waals surface area contributed by atoms with Crippen LogP contribution in [0.1, 0.15) is 32.5 Å². The van der Waals surface area contributed by atoms with Gasteiger partial charge in [-0.3, -0.25) is 0 Å². The van der Waals surface area contributed by atoms with Crippen LogP contribution in [0.5, 0.6) is 5.88 Å². The monoisotopic (exact) mass is 227 g/mol. The molecule has 5 heteroatoms. The summed E-state index contributed by atoms with van der Waals surface area (Å²) in [6.07, 6.45) is 0. The third kappa shape index (κ3) is 2.88. The Morgan fingerprint density at radius 2 is 2.06 bits per heavy atom. The van der Waals surface area contributed by atoms with Gasteiger partial charge in [0.2, 0.25) is 5.88 Å². The molecule has 0 unspecified atom stereocenters. The second kappa shape index (κ2) is 5.75. The van der Waals surface area contributed by atoms with Gasteiger partial charge < -0.3 is 15.2 Å². The van der Waals surface area contributed by atoms with Crippen LogP contribution in [0.2, 0.25) is 0 Å². The first kappa shape index (κ1) is 12.8. The highest BCUT2D eigenvalue weighted by Crippen LogP contribution is 2.27. The lowest BCUT2D eigenvalue weighted by Gasteiger charge is -2.12. The highest BCUT2D eigenvalue weighted by Gasteiger charge is 2.15. The van der Waals surface area contributed by atoms with E-state index in [4.69, 9.17) is 15.2 Å².